The van der Waals surface area contributed by atoms with Gasteiger partial charge < -0.3 is 17.0 Å². The fraction of sp³-hybridized carbons (Fsp3) is 0.250. The minimum atomic E-state index is 0. The largest absolute Gasteiger partial charge is 1.00 e. The highest BCUT2D eigenvalue weighted by Gasteiger charge is 2.07. The summed E-state index contributed by atoms with van der Waals surface area (Å²) in [4.78, 5) is 11.1. The van der Waals surface area contributed by atoms with Gasteiger partial charge in [0.05, 0.1) is 6.20 Å². The molecule has 0 bridgehead atoms. The monoisotopic (exact) mass is 230 g/mol. The Bertz CT molecular complexity index is 280. The highest BCUT2D eigenvalue weighted by atomic mass is 79.9. The van der Waals surface area contributed by atoms with Crippen molar-refractivity contribution in [3.05, 3.63) is 25.3 Å². The van der Waals surface area contributed by atoms with Crippen molar-refractivity contribution in [2.45, 2.75) is 13.3 Å². The van der Waals surface area contributed by atoms with Crippen LogP contribution in [0.3, 0.4) is 0 Å². The summed E-state index contributed by atoms with van der Waals surface area (Å²) in [6.07, 6.45) is 7.35. The van der Waals surface area contributed by atoms with Crippen LogP contribution in [0.4, 0.5) is 0 Å². The maximum absolute atomic E-state index is 11.1. The second kappa shape index (κ2) is 4.87. The molecule has 0 saturated carbocycles. The number of hydrogen-bond donors (Lipinski definition) is 0. The highest BCUT2D eigenvalue weighted by molar-refractivity contribution is 5.77. The summed E-state index contributed by atoms with van der Waals surface area (Å²) >= 11 is 0. The molecule has 0 fully saturated rings. The summed E-state index contributed by atoms with van der Waals surface area (Å²) < 4.78 is 3.27. The molecule has 0 atom stereocenters. The lowest BCUT2D eigenvalue weighted by atomic mass is 10.4. The summed E-state index contributed by atoms with van der Waals surface area (Å²) in [5.74, 6) is 0.0885. The molecule has 0 radical (unpaired) electrons. The van der Waals surface area contributed by atoms with Crippen LogP contribution in [0.5, 0.6) is 0 Å². The van der Waals surface area contributed by atoms with E-state index in [0.717, 1.165) is 0 Å². The van der Waals surface area contributed by atoms with E-state index >= 15 is 0 Å². The lowest BCUT2D eigenvalue weighted by molar-refractivity contribution is -0.566. The summed E-state index contributed by atoms with van der Waals surface area (Å²) in [5.41, 5.74) is 0. The quantitative estimate of drug-likeness (QED) is 0.537. The number of halogens is 1. The van der Waals surface area contributed by atoms with Crippen LogP contribution in [0.25, 0.3) is 6.20 Å². The van der Waals surface area contributed by atoms with Crippen molar-refractivity contribution in [3.63, 3.8) is 0 Å². The first-order valence-electron chi connectivity index (χ1n) is 3.52. The maximum Gasteiger partial charge on any atom is 0.313 e. The third-order valence-electron chi connectivity index (χ3n) is 1.46. The molecule has 0 aromatic carbocycles. The van der Waals surface area contributed by atoms with Gasteiger partial charge in [-0.1, -0.05) is 13.5 Å². The lowest BCUT2D eigenvalue weighted by Crippen LogP contribution is -3.00. The van der Waals surface area contributed by atoms with Crippen LogP contribution >= 0.6 is 0 Å². The molecule has 12 heavy (non-hydrogen) atoms. The van der Waals surface area contributed by atoms with Crippen molar-refractivity contribution < 1.29 is 26.3 Å². The van der Waals surface area contributed by atoms with Crippen molar-refractivity contribution in [3.8, 4) is 0 Å². The Morgan fingerprint density at radius 2 is 2.42 bits per heavy atom. The van der Waals surface area contributed by atoms with E-state index in [-0.39, 0.29) is 22.9 Å². The number of carbonyl (C=O) groups is 1. The standard InChI is InChI=1S/C8H11N2O.BrH/c1-3-8(11)10-6-5-9(4-2)7-10;/h4-7H,2-3H2,1H3;1H/q+1;/p-1. The number of aromatic nitrogens is 2. The van der Waals surface area contributed by atoms with Crippen molar-refractivity contribution in [2.75, 3.05) is 0 Å². The zero-order valence-electron chi connectivity index (χ0n) is 6.90. The zero-order valence-corrected chi connectivity index (χ0v) is 8.49. The number of hydrogen-bond acceptors (Lipinski definition) is 1. The number of carbonyl (C=O) groups excluding carboxylic acids is 1. The maximum atomic E-state index is 11.1. The van der Waals surface area contributed by atoms with E-state index in [0.29, 0.717) is 6.42 Å². The van der Waals surface area contributed by atoms with Gasteiger partial charge in [-0.2, -0.15) is 4.57 Å². The molecule has 0 amide bonds. The molecular formula is C8H11BrN2O. The van der Waals surface area contributed by atoms with Crippen molar-refractivity contribution in [1.29, 1.82) is 0 Å². The SMILES string of the molecule is C=C[n+]1ccn(C(=O)CC)c1.[Br-]. The van der Waals surface area contributed by atoms with Crippen LogP contribution in [0.2, 0.25) is 0 Å². The third kappa shape index (κ3) is 2.30. The predicted octanol–water partition coefficient (Wildman–Crippen LogP) is -2.07. The molecular weight excluding hydrogens is 220 g/mol. The Kier molecular flexibility index (Phi) is 4.51. The van der Waals surface area contributed by atoms with E-state index in [1.54, 1.807) is 34.1 Å². The van der Waals surface area contributed by atoms with Gasteiger partial charge in [0.25, 0.3) is 6.33 Å². The molecule has 0 aliphatic rings. The minimum absolute atomic E-state index is 0. The Morgan fingerprint density at radius 3 is 2.83 bits per heavy atom. The van der Waals surface area contributed by atoms with Crippen LogP contribution in [-0.4, -0.2) is 10.5 Å². The van der Waals surface area contributed by atoms with E-state index < -0.39 is 0 Å². The first kappa shape index (κ1) is 11.1. The van der Waals surface area contributed by atoms with E-state index in [4.69, 9.17) is 0 Å². The first-order chi connectivity index (χ1) is 5.27. The first-order valence-corrected chi connectivity index (χ1v) is 3.52. The molecule has 0 saturated heterocycles. The van der Waals surface area contributed by atoms with Crippen LogP contribution < -0.4 is 21.5 Å². The van der Waals surface area contributed by atoms with Gasteiger partial charge in [0.2, 0.25) is 0 Å². The molecule has 4 heteroatoms. The van der Waals surface area contributed by atoms with Gasteiger partial charge in [-0.05, 0) is 0 Å². The normalized spacial score (nSPS) is 8.75. The van der Waals surface area contributed by atoms with Crippen LogP contribution in [0.1, 0.15) is 18.1 Å². The van der Waals surface area contributed by atoms with Gasteiger partial charge >= 0.3 is 5.91 Å². The molecule has 0 N–H and O–H groups in total. The fourth-order valence-corrected chi connectivity index (χ4v) is 0.808. The molecule has 66 valence electrons. The molecule has 3 nitrogen and oxygen atoms in total. The third-order valence-corrected chi connectivity index (χ3v) is 1.46. The van der Waals surface area contributed by atoms with Crippen LogP contribution in [-0.2, 0) is 0 Å². The van der Waals surface area contributed by atoms with Gasteiger partial charge in [0.15, 0.2) is 0 Å². The van der Waals surface area contributed by atoms with E-state index in [2.05, 4.69) is 6.58 Å². The average Bonchev–Trinajstić information content (AvgIpc) is 2.50. The number of nitrogens with zero attached hydrogens (tertiary/aromatic N) is 2. The summed E-state index contributed by atoms with van der Waals surface area (Å²) in [5, 5.41) is 0. The summed E-state index contributed by atoms with van der Waals surface area (Å²) in [6.45, 7) is 5.40. The second-order valence-corrected chi connectivity index (χ2v) is 2.20. The van der Waals surface area contributed by atoms with E-state index in [1.807, 2.05) is 6.92 Å². The zero-order chi connectivity index (χ0) is 8.27. The number of imidazole rings is 1. The van der Waals surface area contributed by atoms with Crippen molar-refractivity contribution in [1.82, 2.24) is 4.57 Å². The summed E-state index contributed by atoms with van der Waals surface area (Å²) in [6, 6.07) is 0. The van der Waals surface area contributed by atoms with E-state index in [1.165, 1.54) is 0 Å². The minimum Gasteiger partial charge on any atom is -1.00 e. The van der Waals surface area contributed by atoms with Gasteiger partial charge in [0.1, 0.15) is 12.4 Å². The smallest absolute Gasteiger partial charge is 0.313 e. The Hall–Kier alpha value is -0.900. The average molecular weight is 231 g/mol. The molecule has 1 rings (SSSR count). The summed E-state index contributed by atoms with van der Waals surface area (Å²) in [7, 11) is 0. The fourth-order valence-electron chi connectivity index (χ4n) is 0.808. The number of rotatable bonds is 2. The van der Waals surface area contributed by atoms with Crippen molar-refractivity contribution >= 4 is 12.1 Å². The van der Waals surface area contributed by atoms with Crippen LogP contribution in [0, 0.1) is 0 Å². The van der Waals surface area contributed by atoms with E-state index in [9.17, 15) is 4.79 Å². The van der Waals surface area contributed by atoms with Gasteiger partial charge in [0, 0.05) is 6.42 Å². The highest BCUT2D eigenvalue weighted by Crippen LogP contribution is 1.88. The molecule has 0 spiro atoms. The van der Waals surface area contributed by atoms with Crippen molar-refractivity contribution in [2.24, 2.45) is 0 Å². The topological polar surface area (TPSA) is 25.9 Å². The Morgan fingerprint density at radius 1 is 1.75 bits per heavy atom. The van der Waals surface area contributed by atoms with Gasteiger partial charge in [-0.25, -0.2) is 9.36 Å². The predicted molar refractivity (Wildman–Crippen MR) is 41.9 cm³/mol. The molecule has 0 aliphatic heterocycles. The Labute approximate surface area is 82.1 Å². The lowest BCUT2D eigenvalue weighted by Gasteiger charge is -1.85. The molecule has 1 aromatic rings. The molecule has 0 unspecified atom stereocenters. The van der Waals surface area contributed by atoms with Crippen LogP contribution in [0.15, 0.2) is 25.3 Å². The second-order valence-electron chi connectivity index (χ2n) is 2.20. The van der Waals surface area contributed by atoms with Gasteiger partial charge in [-0.3, -0.25) is 0 Å². The Balaban J connectivity index is 0.00000121. The van der Waals surface area contributed by atoms with Gasteiger partial charge in [-0.15, -0.1) is 0 Å². The molecule has 0 aliphatic carbocycles. The molecule has 1 heterocycles. The molecule has 1 aromatic heterocycles.